The fourth-order valence-corrected chi connectivity index (χ4v) is 4.11. The van der Waals surface area contributed by atoms with Crippen molar-refractivity contribution in [1.82, 2.24) is 10.6 Å². The molecule has 1 saturated heterocycles. The van der Waals surface area contributed by atoms with Gasteiger partial charge in [0.25, 0.3) is 0 Å². The molecule has 0 aromatic rings. The lowest BCUT2D eigenvalue weighted by Crippen LogP contribution is -2.44. The van der Waals surface area contributed by atoms with E-state index in [2.05, 4.69) is 24.5 Å². The molecule has 6 heteroatoms. The molecule has 1 fully saturated rings. The number of hydrogen-bond acceptors (Lipinski definition) is 4. The van der Waals surface area contributed by atoms with Crippen molar-refractivity contribution in [3.63, 3.8) is 0 Å². The van der Waals surface area contributed by atoms with Gasteiger partial charge in [-0.25, -0.2) is 0 Å². The van der Waals surface area contributed by atoms with E-state index in [4.69, 9.17) is 0 Å². The number of hydrogen-bond donors (Lipinski definition) is 2. The summed E-state index contributed by atoms with van der Waals surface area (Å²) in [7, 11) is 0. The highest BCUT2D eigenvalue weighted by atomic mass is 32.2. The molecule has 1 aliphatic heterocycles. The molecule has 1 aliphatic rings. The van der Waals surface area contributed by atoms with Crippen molar-refractivity contribution in [2.75, 3.05) is 5.75 Å². The minimum absolute atomic E-state index is 0.0228. The van der Waals surface area contributed by atoms with Crippen LogP contribution in [0.5, 0.6) is 0 Å². The predicted octanol–water partition coefficient (Wildman–Crippen LogP) is 2.98. The van der Waals surface area contributed by atoms with Gasteiger partial charge < -0.3 is 10.6 Å². The molecule has 3 unspecified atom stereocenters. The first-order valence-electron chi connectivity index (χ1n) is 9.39. The van der Waals surface area contributed by atoms with Crippen molar-refractivity contribution in [1.29, 1.82) is 0 Å². The molecule has 3 atom stereocenters. The summed E-state index contributed by atoms with van der Waals surface area (Å²) in [4.78, 5) is 37.1. The first-order chi connectivity index (χ1) is 11.6. The molecule has 1 heterocycles. The summed E-state index contributed by atoms with van der Waals surface area (Å²) in [5.41, 5.74) is 0. The Labute approximate surface area is 156 Å². The van der Waals surface area contributed by atoms with Gasteiger partial charge in [-0.05, 0) is 44.9 Å². The van der Waals surface area contributed by atoms with Crippen molar-refractivity contribution in [2.24, 2.45) is 23.7 Å². The SMILES string of the molecule is CC(C)CC(CC(C(=O)NC1CCSC1=O)C(C)C)C(=O)NC(C)C. The molecule has 2 amide bonds. The molecule has 144 valence electrons. The first-order valence-corrected chi connectivity index (χ1v) is 10.4. The summed E-state index contributed by atoms with van der Waals surface area (Å²) < 4.78 is 0. The summed E-state index contributed by atoms with van der Waals surface area (Å²) in [6.45, 7) is 12.1. The van der Waals surface area contributed by atoms with Crippen molar-refractivity contribution in [2.45, 2.75) is 72.9 Å². The van der Waals surface area contributed by atoms with Crippen LogP contribution in [0.1, 0.15) is 60.8 Å². The van der Waals surface area contributed by atoms with Gasteiger partial charge in [0.15, 0.2) is 0 Å². The molecule has 0 radical (unpaired) electrons. The largest absolute Gasteiger partial charge is 0.354 e. The third kappa shape index (κ3) is 7.38. The molecule has 0 aliphatic carbocycles. The van der Waals surface area contributed by atoms with Crippen LogP contribution in [0.3, 0.4) is 0 Å². The van der Waals surface area contributed by atoms with E-state index in [0.29, 0.717) is 18.8 Å². The quantitative estimate of drug-likeness (QED) is 0.654. The van der Waals surface area contributed by atoms with Crippen LogP contribution < -0.4 is 10.6 Å². The molecular formula is C19H34N2O3S. The molecule has 1 rings (SSSR count). The van der Waals surface area contributed by atoms with Gasteiger partial charge in [0.2, 0.25) is 16.9 Å². The highest BCUT2D eigenvalue weighted by Crippen LogP contribution is 2.27. The minimum atomic E-state index is -0.369. The lowest BCUT2D eigenvalue weighted by atomic mass is 9.81. The Hall–Kier alpha value is -1.04. The van der Waals surface area contributed by atoms with Crippen LogP contribution in [0.2, 0.25) is 0 Å². The average molecular weight is 371 g/mol. The van der Waals surface area contributed by atoms with E-state index in [1.165, 1.54) is 11.8 Å². The lowest BCUT2D eigenvalue weighted by Gasteiger charge is -2.27. The van der Waals surface area contributed by atoms with E-state index in [1.54, 1.807) is 0 Å². The van der Waals surface area contributed by atoms with Gasteiger partial charge in [-0.15, -0.1) is 0 Å². The number of carbonyl (C=O) groups excluding carboxylic acids is 3. The summed E-state index contributed by atoms with van der Waals surface area (Å²) in [5.74, 6) is 0.742. The van der Waals surface area contributed by atoms with Crippen molar-refractivity contribution in [3.05, 3.63) is 0 Å². The third-order valence-electron chi connectivity index (χ3n) is 4.49. The third-order valence-corrected chi connectivity index (χ3v) is 5.50. The Balaban J connectivity index is 2.81. The molecule has 0 spiro atoms. The number of thioether (sulfide) groups is 1. The molecule has 5 nitrogen and oxygen atoms in total. The molecule has 0 saturated carbocycles. The van der Waals surface area contributed by atoms with Crippen LogP contribution in [0.4, 0.5) is 0 Å². The van der Waals surface area contributed by atoms with Gasteiger partial charge >= 0.3 is 0 Å². The molecule has 2 N–H and O–H groups in total. The van der Waals surface area contributed by atoms with Gasteiger partial charge in [0, 0.05) is 23.6 Å². The molecule has 0 bridgehead atoms. The number of nitrogens with one attached hydrogen (secondary N) is 2. The lowest BCUT2D eigenvalue weighted by molar-refractivity contribution is -0.131. The Morgan fingerprint density at radius 2 is 1.72 bits per heavy atom. The number of rotatable bonds is 9. The Bertz CT molecular complexity index is 477. The molecule has 0 aromatic heterocycles. The molecule has 25 heavy (non-hydrogen) atoms. The zero-order valence-corrected chi connectivity index (χ0v) is 17.2. The fraction of sp³-hybridized carbons (Fsp3) is 0.842. The second-order valence-corrected chi connectivity index (χ2v) is 9.19. The van der Waals surface area contributed by atoms with Gasteiger partial charge in [-0.3, -0.25) is 14.4 Å². The van der Waals surface area contributed by atoms with Crippen LogP contribution in [0.15, 0.2) is 0 Å². The summed E-state index contributed by atoms with van der Waals surface area (Å²) in [6, 6.07) is -0.284. The van der Waals surface area contributed by atoms with Gasteiger partial charge in [0.1, 0.15) is 0 Å². The highest BCUT2D eigenvalue weighted by molar-refractivity contribution is 8.14. The first kappa shape index (κ1) is 22.0. The van der Waals surface area contributed by atoms with Crippen molar-refractivity contribution < 1.29 is 14.4 Å². The zero-order chi connectivity index (χ0) is 19.1. The van der Waals surface area contributed by atoms with E-state index in [1.807, 2.05) is 27.7 Å². The topological polar surface area (TPSA) is 75.3 Å². The highest BCUT2D eigenvalue weighted by Gasteiger charge is 2.33. The second kappa shape index (κ2) is 10.2. The zero-order valence-electron chi connectivity index (χ0n) is 16.4. The van der Waals surface area contributed by atoms with Crippen LogP contribution in [0, 0.1) is 23.7 Å². The molecule has 0 aromatic carbocycles. The standard InChI is InChI=1S/C19H34N2O3S/c1-11(2)9-14(17(22)20-13(5)6)10-15(12(3)4)18(23)21-16-7-8-25-19(16)24/h11-16H,7-10H2,1-6H3,(H,20,22)(H,21,23). The van der Waals surface area contributed by atoms with Crippen molar-refractivity contribution in [3.8, 4) is 0 Å². The van der Waals surface area contributed by atoms with Gasteiger partial charge in [0.05, 0.1) is 6.04 Å². The van der Waals surface area contributed by atoms with E-state index in [9.17, 15) is 14.4 Å². The average Bonchev–Trinajstić information content (AvgIpc) is 2.86. The van der Waals surface area contributed by atoms with Crippen LogP contribution in [0.25, 0.3) is 0 Å². The Morgan fingerprint density at radius 3 is 2.16 bits per heavy atom. The van der Waals surface area contributed by atoms with E-state index < -0.39 is 0 Å². The number of carbonyl (C=O) groups is 3. The maximum atomic E-state index is 12.7. The van der Waals surface area contributed by atoms with Crippen LogP contribution >= 0.6 is 11.8 Å². The maximum Gasteiger partial charge on any atom is 0.224 e. The van der Waals surface area contributed by atoms with E-state index in [-0.39, 0.29) is 46.8 Å². The Kier molecular flexibility index (Phi) is 8.97. The van der Waals surface area contributed by atoms with Crippen molar-refractivity contribution >= 4 is 28.7 Å². The number of amides is 2. The van der Waals surface area contributed by atoms with Crippen LogP contribution in [-0.4, -0.2) is 34.8 Å². The second-order valence-electron chi connectivity index (χ2n) is 8.09. The fourth-order valence-electron chi connectivity index (χ4n) is 3.18. The maximum absolute atomic E-state index is 12.7. The van der Waals surface area contributed by atoms with E-state index >= 15 is 0 Å². The monoisotopic (exact) mass is 370 g/mol. The van der Waals surface area contributed by atoms with Gasteiger partial charge in [-0.2, -0.15) is 0 Å². The van der Waals surface area contributed by atoms with Crippen LogP contribution in [-0.2, 0) is 14.4 Å². The summed E-state index contributed by atoms with van der Waals surface area (Å²) in [5, 5.41) is 5.94. The Morgan fingerprint density at radius 1 is 1.08 bits per heavy atom. The summed E-state index contributed by atoms with van der Waals surface area (Å²) in [6.07, 6.45) is 1.98. The van der Waals surface area contributed by atoms with Gasteiger partial charge in [-0.1, -0.05) is 39.5 Å². The normalized spacial score (nSPS) is 20.2. The summed E-state index contributed by atoms with van der Waals surface area (Å²) >= 11 is 1.28. The van der Waals surface area contributed by atoms with E-state index in [0.717, 1.165) is 12.2 Å². The predicted molar refractivity (Wildman–Crippen MR) is 103 cm³/mol. The smallest absolute Gasteiger partial charge is 0.224 e. The minimum Gasteiger partial charge on any atom is -0.354 e. The molecular weight excluding hydrogens is 336 g/mol.